The third kappa shape index (κ3) is 4.80. The highest BCUT2D eigenvalue weighted by atomic mass is 16.1. The molecule has 0 atom stereocenters. The molecular formula is C21H23N3O. The van der Waals surface area contributed by atoms with Crippen LogP contribution in [0.25, 0.3) is 0 Å². The van der Waals surface area contributed by atoms with E-state index in [1.807, 2.05) is 47.3 Å². The molecule has 0 unspecified atom stereocenters. The van der Waals surface area contributed by atoms with E-state index in [0.29, 0.717) is 24.7 Å². The lowest BCUT2D eigenvalue weighted by atomic mass is 10.0. The molecule has 4 nitrogen and oxygen atoms in total. The number of aromatic nitrogens is 2. The molecule has 1 amide bonds. The van der Waals surface area contributed by atoms with Crippen molar-refractivity contribution in [2.75, 3.05) is 5.32 Å². The fourth-order valence-electron chi connectivity index (χ4n) is 2.68. The van der Waals surface area contributed by atoms with E-state index >= 15 is 0 Å². The number of amides is 1. The molecule has 3 rings (SSSR count). The van der Waals surface area contributed by atoms with E-state index < -0.39 is 0 Å². The van der Waals surface area contributed by atoms with Crippen LogP contribution >= 0.6 is 0 Å². The Morgan fingerprint density at radius 3 is 2.40 bits per heavy atom. The van der Waals surface area contributed by atoms with Gasteiger partial charge in [-0.3, -0.25) is 9.48 Å². The van der Waals surface area contributed by atoms with Crippen molar-refractivity contribution in [1.82, 2.24) is 9.78 Å². The molecule has 0 aliphatic rings. The first-order valence-electron chi connectivity index (χ1n) is 8.56. The average molecular weight is 333 g/mol. The zero-order valence-corrected chi connectivity index (χ0v) is 14.6. The van der Waals surface area contributed by atoms with Crippen molar-refractivity contribution in [3.8, 4) is 0 Å². The van der Waals surface area contributed by atoms with Crippen molar-refractivity contribution in [3.05, 3.63) is 83.6 Å². The highest BCUT2D eigenvalue weighted by molar-refractivity contribution is 5.91. The van der Waals surface area contributed by atoms with E-state index in [1.165, 1.54) is 11.1 Å². The molecule has 0 saturated heterocycles. The van der Waals surface area contributed by atoms with E-state index in [4.69, 9.17) is 0 Å². The summed E-state index contributed by atoms with van der Waals surface area (Å²) in [5.74, 6) is 1.03. The molecule has 0 fully saturated rings. The van der Waals surface area contributed by atoms with Gasteiger partial charge in [0.2, 0.25) is 5.91 Å². The summed E-state index contributed by atoms with van der Waals surface area (Å²) in [6.45, 7) is 5.01. The second kappa shape index (κ2) is 7.79. The van der Waals surface area contributed by atoms with Crippen LogP contribution in [0.4, 0.5) is 5.82 Å². The highest BCUT2D eigenvalue weighted by Crippen LogP contribution is 2.15. The van der Waals surface area contributed by atoms with Crippen molar-refractivity contribution < 1.29 is 4.79 Å². The topological polar surface area (TPSA) is 46.9 Å². The summed E-state index contributed by atoms with van der Waals surface area (Å²) in [5, 5.41) is 7.27. The van der Waals surface area contributed by atoms with Crippen molar-refractivity contribution >= 4 is 11.7 Å². The maximum Gasteiger partial charge on any atom is 0.229 e. The number of nitrogens with one attached hydrogen (secondary N) is 1. The van der Waals surface area contributed by atoms with Gasteiger partial charge in [0.15, 0.2) is 5.82 Å². The van der Waals surface area contributed by atoms with Gasteiger partial charge in [0.05, 0.1) is 13.0 Å². The second-order valence-electron chi connectivity index (χ2n) is 6.51. The zero-order chi connectivity index (χ0) is 17.6. The molecule has 25 heavy (non-hydrogen) atoms. The summed E-state index contributed by atoms with van der Waals surface area (Å²) in [5.41, 5.74) is 3.46. The second-order valence-corrected chi connectivity index (χ2v) is 6.51. The predicted molar refractivity (Wildman–Crippen MR) is 101 cm³/mol. The van der Waals surface area contributed by atoms with Crippen LogP contribution < -0.4 is 5.32 Å². The first-order valence-corrected chi connectivity index (χ1v) is 8.56. The number of anilines is 1. The molecule has 1 N–H and O–H groups in total. The van der Waals surface area contributed by atoms with Gasteiger partial charge in [0, 0.05) is 12.3 Å². The predicted octanol–water partition coefficient (Wildman–Crippen LogP) is 4.24. The van der Waals surface area contributed by atoms with E-state index in [1.54, 1.807) is 0 Å². The lowest BCUT2D eigenvalue weighted by Gasteiger charge is -2.07. The van der Waals surface area contributed by atoms with Crippen LogP contribution in [0.3, 0.4) is 0 Å². The van der Waals surface area contributed by atoms with E-state index in [0.717, 1.165) is 5.56 Å². The molecule has 0 spiro atoms. The molecule has 0 aliphatic heterocycles. The van der Waals surface area contributed by atoms with Crippen LogP contribution in [-0.4, -0.2) is 15.7 Å². The number of benzene rings is 2. The minimum absolute atomic E-state index is 0.0535. The zero-order valence-electron chi connectivity index (χ0n) is 14.6. The number of hydrogen-bond acceptors (Lipinski definition) is 2. The van der Waals surface area contributed by atoms with Crippen molar-refractivity contribution in [1.29, 1.82) is 0 Å². The van der Waals surface area contributed by atoms with Crippen LogP contribution in [0.2, 0.25) is 0 Å². The van der Waals surface area contributed by atoms with Gasteiger partial charge in [-0.1, -0.05) is 68.4 Å². The normalized spacial score (nSPS) is 10.8. The molecule has 3 aromatic rings. The maximum atomic E-state index is 12.2. The van der Waals surface area contributed by atoms with E-state index in [2.05, 4.69) is 48.5 Å². The Morgan fingerprint density at radius 2 is 1.72 bits per heavy atom. The molecule has 0 saturated carbocycles. The Bertz CT molecular complexity index is 820. The monoisotopic (exact) mass is 333 g/mol. The third-order valence-electron chi connectivity index (χ3n) is 4.11. The van der Waals surface area contributed by atoms with E-state index in [9.17, 15) is 4.79 Å². The lowest BCUT2D eigenvalue weighted by molar-refractivity contribution is -0.115. The Morgan fingerprint density at radius 1 is 1.00 bits per heavy atom. The SMILES string of the molecule is CC(C)c1ccc(CC(=O)Nc2ccn(Cc3ccccc3)n2)cc1. The minimum Gasteiger partial charge on any atom is -0.309 e. The highest BCUT2D eigenvalue weighted by Gasteiger charge is 2.07. The molecule has 1 aromatic heterocycles. The quantitative estimate of drug-likeness (QED) is 0.733. The Kier molecular flexibility index (Phi) is 5.29. The summed E-state index contributed by atoms with van der Waals surface area (Å²) in [6, 6.07) is 20.1. The molecule has 4 heteroatoms. The molecule has 0 bridgehead atoms. The maximum absolute atomic E-state index is 12.2. The molecule has 1 heterocycles. The van der Waals surface area contributed by atoms with E-state index in [-0.39, 0.29) is 5.91 Å². The van der Waals surface area contributed by atoms with Crippen molar-refractivity contribution in [2.24, 2.45) is 0 Å². The summed E-state index contributed by atoms with van der Waals surface area (Å²) in [6.07, 6.45) is 2.23. The average Bonchev–Trinajstić information content (AvgIpc) is 3.03. The van der Waals surface area contributed by atoms with Crippen LogP contribution in [-0.2, 0) is 17.8 Å². The summed E-state index contributed by atoms with van der Waals surface area (Å²) < 4.78 is 1.82. The third-order valence-corrected chi connectivity index (χ3v) is 4.11. The number of carbonyl (C=O) groups is 1. The summed E-state index contributed by atoms with van der Waals surface area (Å²) >= 11 is 0. The molecular weight excluding hydrogens is 310 g/mol. The lowest BCUT2D eigenvalue weighted by Crippen LogP contribution is -2.15. The van der Waals surface area contributed by atoms with Crippen LogP contribution in [0.5, 0.6) is 0 Å². The van der Waals surface area contributed by atoms with Crippen LogP contribution in [0.1, 0.15) is 36.5 Å². The Labute approximate surface area is 148 Å². The van der Waals surface area contributed by atoms with Crippen molar-refractivity contribution in [3.63, 3.8) is 0 Å². The minimum atomic E-state index is -0.0535. The van der Waals surface area contributed by atoms with Gasteiger partial charge in [-0.15, -0.1) is 0 Å². The Balaban J connectivity index is 1.56. The van der Waals surface area contributed by atoms with Crippen molar-refractivity contribution in [2.45, 2.75) is 32.7 Å². The van der Waals surface area contributed by atoms with Gasteiger partial charge in [0.25, 0.3) is 0 Å². The summed E-state index contributed by atoms with van der Waals surface area (Å²) in [7, 11) is 0. The van der Waals surface area contributed by atoms with Gasteiger partial charge < -0.3 is 5.32 Å². The molecule has 128 valence electrons. The molecule has 2 aromatic carbocycles. The number of rotatable bonds is 6. The molecule has 0 radical (unpaired) electrons. The Hall–Kier alpha value is -2.88. The fourth-order valence-corrected chi connectivity index (χ4v) is 2.68. The van der Waals surface area contributed by atoms with Gasteiger partial charge >= 0.3 is 0 Å². The smallest absolute Gasteiger partial charge is 0.229 e. The first-order chi connectivity index (χ1) is 12.1. The van der Waals surface area contributed by atoms with Gasteiger partial charge in [-0.2, -0.15) is 5.10 Å². The molecule has 0 aliphatic carbocycles. The standard InChI is InChI=1S/C21H23N3O/c1-16(2)19-10-8-17(9-11-19)14-21(25)22-20-12-13-24(23-20)15-18-6-4-3-5-7-18/h3-13,16H,14-15H2,1-2H3,(H,22,23,25). The van der Waals surface area contributed by atoms with Gasteiger partial charge in [-0.05, 0) is 22.6 Å². The number of hydrogen-bond donors (Lipinski definition) is 1. The largest absolute Gasteiger partial charge is 0.309 e. The first kappa shape index (κ1) is 17.0. The van der Waals surface area contributed by atoms with Crippen LogP contribution in [0.15, 0.2) is 66.9 Å². The van der Waals surface area contributed by atoms with Gasteiger partial charge in [0.1, 0.15) is 0 Å². The van der Waals surface area contributed by atoms with Crippen LogP contribution in [0, 0.1) is 0 Å². The number of nitrogens with zero attached hydrogens (tertiary/aromatic N) is 2. The number of carbonyl (C=O) groups excluding carboxylic acids is 1. The fraction of sp³-hybridized carbons (Fsp3) is 0.238. The summed E-state index contributed by atoms with van der Waals surface area (Å²) in [4.78, 5) is 12.2. The van der Waals surface area contributed by atoms with Gasteiger partial charge in [-0.25, -0.2) is 0 Å².